The van der Waals surface area contributed by atoms with Gasteiger partial charge >= 0.3 is 0 Å². The highest BCUT2D eigenvalue weighted by Gasteiger charge is 2.24. The van der Waals surface area contributed by atoms with Gasteiger partial charge in [-0.05, 0) is 35.2 Å². The third-order valence-corrected chi connectivity index (χ3v) is 3.05. The predicted molar refractivity (Wildman–Crippen MR) is 65.3 cm³/mol. The van der Waals surface area contributed by atoms with Crippen LogP contribution in [0.2, 0.25) is 0 Å². The van der Waals surface area contributed by atoms with E-state index in [0.29, 0.717) is 6.10 Å². The molecule has 1 atom stereocenters. The molecule has 1 saturated heterocycles. The van der Waals surface area contributed by atoms with Gasteiger partial charge in [0.05, 0.1) is 6.61 Å². The summed E-state index contributed by atoms with van der Waals surface area (Å²) >= 11 is 0. The Bertz CT molecular complexity index is 512. The lowest BCUT2D eigenvalue weighted by molar-refractivity contribution is 0.415. The fraction of sp³-hybridized carbons (Fsp3) is 0.200. The fourth-order valence-electron chi connectivity index (χ4n) is 2.04. The van der Waals surface area contributed by atoms with Crippen LogP contribution in [-0.4, -0.2) is 6.61 Å². The summed E-state index contributed by atoms with van der Waals surface area (Å²) in [7, 11) is 0. The third kappa shape index (κ3) is 1.74. The highest BCUT2D eigenvalue weighted by Crippen LogP contribution is 2.33. The molecule has 0 bridgehead atoms. The molecule has 2 aromatic carbocycles. The second kappa shape index (κ2) is 3.76. The highest BCUT2D eigenvalue weighted by molar-refractivity contribution is 5.67. The van der Waals surface area contributed by atoms with Crippen molar-refractivity contribution in [3.8, 4) is 11.1 Å². The number of hydrogen-bond acceptors (Lipinski definition) is 1. The zero-order valence-electron chi connectivity index (χ0n) is 9.31. The molecule has 1 heterocycles. The first-order chi connectivity index (χ1) is 7.84. The van der Waals surface area contributed by atoms with Crippen molar-refractivity contribution in [3.63, 3.8) is 0 Å². The lowest BCUT2D eigenvalue weighted by Gasteiger charge is -2.06. The maximum Gasteiger partial charge on any atom is 0.106 e. The van der Waals surface area contributed by atoms with Gasteiger partial charge in [-0.2, -0.15) is 0 Å². The number of rotatable bonds is 2. The number of epoxide rings is 1. The van der Waals surface area contributed by atoms with Crippen molar-refractivity contribution in [2.24, 2.45) is 0 Å². The summed E-state index contributed by atoms with van der Waals surface area (Å²) in [5, 5.41) is 0. The predicted octanol–water partition coefficient (Wildman–Crippen LogP) is 3.73. The molecule has 1 aliphatic heterocycles. The SMILES string of the molecule is Cc1ccccc1-c1cccc([C@@H]2CO2)c1. The van der Waals surface area contributed by atoms with E-state index in [1.54, 1.807) is 0 Å². The minimum Gasteiger partial charge on any atom is -0.368 e. The summed E-state index contributed by atoms with van der Waals surface area (Å²) in [6.45, 7) is 3.02. The first-order valence-electron chi connectivity index (χ1n) is 5.62. The van der Waals surface area contributed by atoms with E-state index in [0.717, 1.165) is 6.61 Å². The van der Waals surface area contributed by atoms with Crippen LogP contribution in [0.25, 0.3) is 11.1 Å². The van der Waals surface area contributed by atoms with Gasteiger partial charge in [-0.25, -0.2) is 0 Å². The van der Waals surface area contributed by atoms with Gasteiger partial charge in [0.2, 0.25) is 0 Å². The summed E-state index contributed by atoms with van der Waals surface area (Å²) in [6, 6.07) is 17.1. The van der Waals surface area contributed by atoms with Crippen LogP contribution in [0.4, 0.5) is 0 Å². The topological polar surface area (TPSA) is 12.5 Å². The first-order valence-corrected chi connectivity index (χ1v) is 5.62. The van der Waals surface area contributed by atoms with Crippen LogP contribution in [0, 0.1) is 6.92 Å². The van der Waals surface area contributed by atoms with E-state index >= 15 is 0 Å². The molecule has 0 N–H and O–H groups in total. The molecule has 0 amide bonds. The molecule has 2 aromatic rings. The van der Waals surface area contributed by atoms with Crippen LogP contribution in [0.15, 0.2) is 48.5 Å². The number of aryl methyl sites for hydroxylation is 1. The molecule has 16 heavy (non-hydrogen) atoms. The zero-order valence-corrected chi connectivity index (χ0v) is 9.31. The minimum absolute atomic E-state index is 0.337. The van der Waals surface area contributed by atoms with E-state index in [1.807, 2.05) is 0 Å². The van der Waals surface area contributed by atoms with E-state index in [2.05, 4.69) is 55.5 Å². The van der Waals surface area contributed by atoms with Gasteiger partial charge in [0, 0.05) is 0 Å². The molecule has 0 saturated carbocycles. The van der Waals surface area contributed by atoms with Crippen LogP contribution in [0.5, 0.6) is 0 Å². The van der Waals surface area contributed by atoms with E-state index in [-0.39, 0.29) is 0 Å². The van der Waals surface area contributed by atoms with E-state index in [4.69, 9.17) is 4.74 Å². The van der Waals surface area contributed by atoms with Crippen molar-refractivity contribution < 1.29 is 4.74 Å². The Morgan fingerprint density at radius 2 is 1.88 bits per heavy atom. The average Bonchev–Trinajstić information content (AvgIpc) is 3.14. The monoisotopic (exact) mass is 210 g/mol. The van der Waals surface area contributed by atoms with E-state index < -0.39 is 0 Å². The van der Waals surface area contributed by atoms with Gasteiger partial charge in [0.15, 0.2) is 0 Å². The lowest BCUT2D eigenvalue weighted by Crippen LogP contribution is -1.85. The van der Waals surface area contributed by atoms with E-state index in [1.165, 1.54) is 22.3 Å². The molecule has 1 fully saturated rings. The first kappa shape index (κ1) is 9.61. The van der Waals surface area contributed by atoms with Gasteiger partial charge in [-0.15, -0.1) is 0 Å². The molecular formula is C15H14O. The van der Waals surface area contributed by atoms with Crippen molar-refractivity contribution in [1.29, 1.82) is 0 Å². The fourth-order valence-corrected chi connectivity index (χ4v) is 2.04. The molecule has 0 spiro atoms. The molecule has 0 unspecified atom stereocenters. The van der Waals surface area contributed by atoms with Crippen molar-refractivity contribution in [2.45, 2.75) is 13.0 Å². The quantitative estimate of drug-likeness (QED) is 0.688. The molecule has 80 valence electrons. The van der Waals surface area contributed by atoms with Gasteiger partial charge in [0.25, 0.3) is 0 Å². The second-order valence-corrected chi connectivity index (χ2v) is 4.26. The Morgan fingerprint density at radius 1 is 1.06 bits per heavy atom. The summed E-state index contributed by atoms with van der Waals surface area (Å²) in [5.74, 6) is 0. The van der Waals surface area contributed by atoms with Gasteiger partial charge in [0.1, 0.15) is 6.10 Å². The van der Waals surface area contributed by atoms with Crippen LogP contribution in [-0.2, 0) is 4.74 Å². The lowest BCUT2D eigenvalue weighted by atomic mass is 9.98. The molecule has 1 nitrogen and oxygen atoms in total. The summed E-state index contributed by atoms with van der Waals surface area (Å²) in [6.07, 6.45) is 0.337. The second-order valence-electron chi connectivity index (χ2n) is 4.26. The standard InChI is InChI=1S/C15H14O/c1-11-5-2-3-8-14(11)12-6-4-7-13(9-12)15-10-16-15/h2-9,15H,10H2,1H3/t15-/m0/s1. The summed E-state index contributed by atoms with van der Waals surface area (Å²) < 4.78 is 5.32. The van der Waals surface area contributed by atoms with Crippen LogP contribution < -0.4 is 0 Å². The summed E-state index contributed by atoms with van der Waals surface area (Å²) in [5.41, 5.74) is 5.20. The van der Waals surface area contributed by atoms with Crippen LogP contribution >= 0.6 is 0 Å². The maximum atomic E-state index is 5.32. The van der Waals surface area contributed by atoms with Crippen molar-refractivity contribution in [1.82, 2.24) is 0 Å². The zero-order chi connectivity index (χ0) is 11.0. The number of hydrogen-bond donors (Lipinski definition) is 0. The molecule has 1 aliphatic rings. The number of benzene rings is 2. The Labute approximate surface area is 95.7 Å². The maximum absolute atomic E-state index is 5.32. The largest absolute Gasteiger partial charge is 0.368 e. The van der Waals surface area contributed by atoms with Crippen molar-refractivity contribution in [2.75, 3.05) is 6.61 Å². The third-order valence-electron chi connectivity index (χ3n) is 3.05. The van der Waals surface area contributed by atoms with E-state index in [9.17, 15) is 0 Å². The summed E-state index contributed by atoms with van der Waals surface area (Å²) in [4.78, 5) is 0. The minimum atomic E-state index is 0.337. The van der Waals surface area contributed by atoms with Crippen molar-refractivity contribution >= 4 is 0 Å². The molecule has 0 aromatic heterocycles. The van der Waals surface area contributed by atoms with Crippen LogP contribution in [0.1, 0.15) is 17.2 Å². The molecule has 0 aliphatic carbocycles. The molecular weight excluding hydrogens is 196 g/mol. The highest BCUT2D eigenvalue weighted by atomic mass is 16.6. The molecule has 0 radical (unpaired) electrons. The van der Waals surface area contributed by atoms with Crippen LogP contribution in [0.3, 0.4) is 0 Å². The van der Waals surface area contributed by atoms with Gasteiger partial charge in [-0.1, -0.05) is 42.5 Å². The molecule has 1 heteroatoms. The average molecular weight is 210 g/mol. The Morgan fingerprint density at radius 3 is 2.62 bits per heavy atom. The Hall–Kier alpha value is -1.60. The normalized spacial score (nSPS) is 18.4. The Balaban J connectivity index is 2.05. The number of ether oxygens (including phenoxy) is 1. The van der Waals surface area contributed by atoms with Crippen molar-refractivity contribution in [3.05, 3.63) is 59.7 Å². The van der Waals surface area contributed by atoms with Gasteiger partial charge < -0.3 is 4.74 Å². The Kier molecular flexibility index (Phi) is 2.26. The van der Waals surface area contributed by atoms with Gasteiger partial charge in [-0.3, -0.25) is 0 Å². The molecule has 3 rings (SSSR count). The smallest absolute Gasteiger partial charge is 0.106 e.